The van der Waals surface area contributed by atoms with E-state index in [-0.39, 0.29) is 23.6 Å². The van der Waals surface area contributed by atoms with Crippen LogP contribution in [0, 0.1) is 19.7 Å². The van der Waals surface area contributed by atoms with Crippen molar-refractivity contribution in [1.82, 2.24) is 5.16 Å². The number of carbonyl (C=O) groups excluding carboxylic acids is 1. The summed E-state index contributed by atoms with van der Waals surface area (Å²) < 4.78 is 18.7. The second kappa shape index (κ2) is 6.38. The number of rotatable bonds is 5. The molecule has 1 heterocycles. The lowest BCUT2D eigenvalue weighted by Crippen LogP contribution is -2.14. The van der Waals surface area contributed by atoms with E-state index in [1.807, 2.05) is 0 Å². The van der Waals surface area contributed by atoms with Crippen molar-refractivity contribution in [2.24, 2.45) is 0 Å². The van der Waals surface area contributed by atoms with Crippen molar-refractivity contribution >= 4 is 17.6 Å². The van der Waals surface area contributed by atoms with Crippen LogP contribution in [0.3, 0.4) is 0 Å². The number of carboxylic acid groups (broad SMARTS) is 1. The van der Waals surface area contributed by atoms with Gasteiger partial charge in [-0.25, -0.2) is 9.18 Å². The standard InChI is InChI=1S/C15H15FN2O4/c1-8-11(9(2)22-18-8)4-6-14(19)17-13-5-3-10(15(20)21)7-12(13)16/h3,5,7H,4,6H2,1-2H3,(H,17,19)(H,20,21). The van der Waals surface area contributed by atoms with Gasteiger partial charge in [0.05, 0.1) is 16.9 Å². The van der Waals surface area contributed by atoms with Crippen LogP contribution in [0.2, 0.25) is 0 Å². The van der Waals surface area contributed by atoms with E-state index in [9.17, 15) is 14.0 Å². The third kappa shape index (κ3) is 3.49. The molecule has 0 aliphatic heterocycles. The molecule has 0 aliphatic carbocycles. The number of aryl methyl sites for hydroxylation is 2. The second-order valence-corrected chi connectivity index (χ2v) is 4.85. The minimum Gasteiger partial charge on any atom is -0.478 e. The number of benzene rings is 1. The highest BCUT2D eigenvalue weighted by molar-refractivity contribution is 5.92. The van der Waals surface area contributed by atoms with Gasteiger partial charge in [-0.2, -0.15) is 0 Å². The van der Waals surface area contributed by atoms with Crippen LogP contribution in [0.4, 0.5) is 10.1 Å². The van der Waals surface area contributed by atoms with Crippen molar-refractivity contribution in [2.75, 3.05) is 5.32 Å². The van der Waals surface area contributed by atoms with Crippen LogP contribution >= 0.6 is 0 Å². The van der Waals surface area contributed by atoms with Gasteiger partial charge in [-0.15, -0.1) is 0 Å². The molecule has 0 atom stereocenters. The first-order valence-electron chi connectivity index (χ1n) is 6.63. The van der Waals surface area contributed by atoms with Gasteiger partial charge in [-0.05, 0) is 38.5 Å². The fraction of sp³-hybridized carbons (Fsp3) is 0.267. The number of hydrogen-bond acceptors (Lipinski definition) is 4. The summed E-state index contributed by atoms with van der Waals surface area (Å²) in [6.45, 7) is 3.55. The molecule has 22 heavy (non-hydrogen) atoms. The van der Waals surface area contributed by atoms with E-state index in [0.717, 1.165) is 17.3 Å². The average Bonchev–Trinajstić information content (AvgIpc) is 2.78. The molecule has 0 saturated carbocycles. The molecule has 116 valence electrons. The summed E-state index contributed by atoms with van der Waals surface area (Å²) in [5.41, 5.74) is 1.36. The number of anilines is 1. The minimum atomic E-state index is -1.23. The molecule has 0 fully saturated rings. The first kappa shape index (κ1) is 15.7. The molecule has 0 unspecified atom stereocenters. The molecule has 7 heteroatoms. The number of nitrogens with one attached hydrogen (secondary N) is 1. The van der Waals surface area contributed by atoms with Gasteiger partial charge < -0.3 is 14.9 Å². The van der Waals surface area contributed by atoms with E-state index in [2.05, 4.69) is 10.5 Å². The maximum absolute atomic E-state index is 13.7. The molecule has 0 aliphatic rings. The Morgan fingerprint density at radius 3 is 2.64 bits per heavy atom. The van der Waals surface area contributed by atoms with E-state index in [0.29, 0.717) is 12.2 Å². The lowest BCUT2D eigenvalue weighted by Gasteiger charge is -2.07. The van der Waals surface area contributed by atoms with Crippen LogP contribution in [0.25, 0.3) is 0 Å². The normalized spacial score (nSPS) is 10.5. The minimum absolute atomic E-state index is 0.0474. The van der Waals surface area contributed by atoms with E-state index in [1.165, 1.54) is 12.1 Å². The average molecular weight is 306 g/mol. The van der Waals surface area contributed by atoms with Crippen molar-refractivity contribution in [2.45, 2.75) is 26.7 Å². The number of aromatic nitrogens is 1. The number of carbonyl (C=O) groups is 2. The van der Waals surface area contributed by atoms with Gasteiger partial charge in [0, 0.05) is 12.0 Å². The van der Waals surface area contributed by atoms with Crippen LogP contribution in [0.5, 0.6) is 0 Å². The van der Waals surface area contributed by atoms with Gasteiger partial charge >= 0.3 is 5.97 Å². The highest BCUT2D eigenvalue weighted by Crippen LogP contribution is 2.18. The lowest BCUT2D eigenvalue weighted by atomic mass is 10.1. The largest absolute Gasteiger partial charge is 0.478 e. The smallest absolute Gasteiger partial charge is 0.335 e. The Morgan fingerprint density at radius 1 is 1.36 bits per heavy atom. The lowest BCUT2D eigenvalue weighted by molar-refractivity contribution is -0.116. The fourth-order valence-electron chi connectivity index (χ4n) is 2.06. The maximum atomic E-state index is 13.7. The topological polar surface area (TPSA) is 92.4 Å². The molecule has 2 aromatic rings. The number of halogens is 1. The predicted molar refractivity (Wildman–Crippen MR) is 76.3 cm³/mol. The summed E-state index contributed by atoms with van der Waals surface area (Å²) in [4.78, 5) is 22.6. The highest BCUT2D eigenvalue weighted by atomic mass is 19.1. The second-order valence-electron chi connectivity index (χ2n) is 4.85. The number of hydrogen-bond donors (Lipinski definition) is 2. The van der Waals surface area contributed by atoms with E-state index < -0.39 is 11.8 Å². The summed E-state index contributed by atoms with van der Waals surface area (Å²) in [7, 11) is 0. The monoisotopic (exact) mass is 306 g/mol. The molecular weight excluding hydrogens is 291 g/mol. The maximum Gasteiger partial charge on any atom is 0.335 e. The Balaban J connectivity index is 1.99. The molecule has 0 spiro atoms. The SMILES string of the molecule is Cc1noc(C)c1CCC(=O)Nc1ccc(C(=O)O)cc1F. The van der Waals surface area contributed by atoms with Crippen molar-refractivity contribution in [3.8, 4) is 0 Å². The molecular formula is C15H15FN2O4. The van der Waals surface area contributed by atoms with Crippen LogP contribution in [-0.4, -0.2) is 22.1 Å². The highest BCUT2D eigenvalue weighted by Gasteiger charge is 2.13. The van der Waals surface area contributed by atoms with Gasteiger partial charge in [0.25, 0.3) is 0 Å². The van der Waals surface area contributed by atoms with E-state index >= 15 is 0 Å². The third-order valence-corrected chi connectivity index (χ3v) is 3.27. The zero-order valence-electron chi connectivity index (χ0n) is 12.1. The Labute approximate surface area is 125 Å². The molecule has 1 aromatic heterocycles. The van der Waals surface area contributed by atoms with Gasteiger partial charge in [0.2, 0.25) is 5.91 Å². The summed E-state index contributed by atoms with van der Waals surface area (Å²) in [6.07, 6.45) is 0.574. The van der Waals surface area contributed by atoms with Crippen molar-refractivity contribution in [3.63, 3.8) is 0 Å². The first-order chi connectivity index (χ1) is 10.4. The summed E-state index contributed by atoms with van der Waals surface area (Å²) in [6, 6.07) is 3.33. The molecule has 1 aromatic carbocycles. The zero-order chi connectivity index (χ0) is 16.3. The number of carboxylic acids is 1. The Hall–Kier alpha value is -2.70. The molecule has 1 amide bonds. The van der Waals surface area contributed by atoms with Gasteiger partial charge in [0.15, 0.2) is 0 Å². The zero-order valence-corrected chi connectivity index (χ0v) is 12.1. The quantitative estimate of drug-likeness (QED) is 0.886. The van der Waals surface area contributed by atoms with Crippen LogP contribution in [-0.2, 0) is 11.2 Å². The Morgan fingerprint density at radius 2 is 2.09 bits per heavy atom. The summed E-state index contributed by atoms with van der Waals surface area (Å²) in [5.74, 6) is -1.73. The van der Waals surface area contributed by atoms with Crippen LogP contribution < -0.4 is 5.32 Å². The van der Waals surface area contributed by atoms with Crippen molar-refractivity contribution in [1.29, 1.82) is 0 Å². The summed E-state index contributed by atoms with van der Waals surface area (Å²) >= 11 is 0. The molecule has 2 N–H and O–H groups in total. The Bertz CT molecular complexity index is 705. The fourth-order valence-corrected chi connectivity index (χ4v) is 2.06. The first-order valence-corrected chi connectivity index (χ1v) is 6.63. The molecule has 0 radical (unpaired) electrons. The number of aromatic carboxylic acids is 1. The van der Waals surface area contributed by atoms with E-state index in [4.69, 9.17) is 9.63 Å². The molecule has 0 bridgehead atoms. The number of nitrogens with zero attached hydrogens (tertiary/aromatic N) is 1. The molecule has 6 nitrogen and oxygen atoms in total. The van der Waals surface area contributed by atoms with Crippen LogP contribution in [0.1, 0.15) is 33.8 Å². The van der Waals surface area contributed by atoms with Crippen molar-refractivity contribution < 1.29 is 23.6 Å². The van der Waals surface area contributed by atoms with E-state index in [1.54, 1.807) is 13.8 Å². The predicted octanol–water partition coefficient (Wildman–Crippen LogP) is 2.70. The Kier molecular flexibility index (Phi) is 4.55. The van der Waals surface area contributed by atoms with Crippen LogP contribution in [0.15, 0.2) is 22.7 Å². The van der Waals surface area contributed by atoms with Crippen molar-refractivity contribution in [3.05, 3.63) is 46.6 Å². The third-order valence-electron chi connectivity index (χ3n) is 3.27. The number of amides is 1. The molecule has 0 saturated heterocycles. The van der Waals surface area contributed by atoms with Gasteiger partial charge in [-0.3, -0.25) is 4.79 Å². The van der Waals surface area contributed by atoms with Gasteiger partial charge in [0.1, 0.15) is 11.6 Å². The van der Waals surface area contributed by atoms with Gasteiger partial charge in [-0.1, -0.05) is 5.16 Å². The molecule has 2 rings (SSSR count). The summed E-state index contributed by atoms with van der Waals surface area (Å²) in [5, 5.41) is 15.0.